The lowest BCUT2D eigenvalue weighted by Gasteiger charge is -1.99. The molecule has 3 heterocycles. The normalized spacial score (nSPS) is 14.2. The molecule has 66 valence electrons. The Hall–Kier alpha value is -1.29. The van der Waals surface area contributed by atoms with Crippen LogP contribution in [0, 0.1) is 0 Å². The van der Waals surface area contributed by atoms with Crippen molar-refractivity contribution in [3.63, 3.8) is 0 Å². The molecular formula is C9H8N2OS. The standard InChI is InChI=1S/C9H8N2OS/c1-3-10-11-4-5-12-9-7(8(1)11)2-6-13-9/h1-3,6H,4-5H2. The molecule has 1 aliphatic rings. The van der Waals surface area contributed by atoms with Crippen LogP contribution in [0.3, 0.4) is 0 Å². The van der Waals surface area contributed by atoms with Gasteiger partial charge in [0.05, 0.1) is 17.8 Å². The Kier molecular flexibility index (Phi) is 1.43. The van der Waals surface area contributed by atoms with Crippen LogP contribution in [-0.2, 0) is 6.54 Å². The van der Waals surface area contributed by atoms with Crippen LogP contribution >= 0.6 is 11.3 Å². The molecule has 0 radical (unpaired) electrons. The van der Waals surface area contributed by atoms with Crippen molar-refractivity contribution in [2.24, 2.45) is 0 Å². The maximum Gasteiger partial charge on any atom is 0.183 e. The van der Waals surface area contributed by atoms with E-state index in [4.69, 9.17) is 4.74 Å². The summed E-state index contributed by atoms with van der Waals surface area (Å²) in [5, 5.41) is 7.30. The quantitative estimate of drug-likeness (QED) is 0.638. The maximum atomic E-state index is 5.59. The second-order valence-electron chi connectivity index (χ2n) is 2.91. The molecule has 3 rings (SSSR count). The van der Waals surface area contributed by atoms with Crippen molar-refractivity contribution in [2.45, 2.75) is 6.54 Å². The first-order valence-corrected chi connectivity index (χ1v) is 5.05. The number of rotatable bonds is 0. The molecule has 0 saturated heterocycles. The Labute approximate surface area is 79.6 Å². The summed E-state index contributed by atoms with van der Waals surface area (Å²) >= 11 is 1.64. The number of fused-ring (bicyclic) bond motifs is 3. The molecule has 3 nitrogen and oxygen atoms in total. The van der Waals surface area contributed by atoms with Gasteiger partial charge in [0.2, 0.25) is 0 Å². The lowest BCUT2D eigenvalue weighted by atomic mass is 10.2. The van der Waals surface area contributed by atoms with E-state index in [1.807, 2.05) is 22.3 Å². The van der Waals surface area contributed by atoms with Crippen LogP contribution in [0.5, 0.6) is 5.06 Å². The van der Waals surface area contributed by atoms with Gasteiger partial charge in [0, 0.05) is 6.20 Å². The van der Waals surface area contributed by atoms with Gasteiger partial charge in [0.1, 0.15) is 6.61 Å². The number of hydrogen-bond acceptors (Lipinski definition) is 3. The molecule has 0 aromatic carbocycles. The Balaban J connectivity index is 2.27. The topological polar surface area (TPSA) is 27.1 Å². The summed E-state index contributed by atoms with van der Waals surface area (Å²) in [7, 11) is 0. The Morgan fingerprint density at radius 2 is 2.46 bits per heavy atom. The molecule has 1 aliphatic heterocycles. The first-order valence-electron chi connectivity index (χ1n) is 4.17. The van der Waals surface area contributed by atoms with Crippen molar-refractivity contribution in [1.82, 2.24) is 9.78 Å². The van der Waals surface area contributed by atoms with Gasteiger partial charge in [-0.1, -0.05) is 0 Å². The maximum absolute atomic E-state index is 5.59. The van der Waals surface area contributed by atoms with Gasteiger partial charge in [-0.25, -0.2) is 0 Å². The number of hydrogen-bond donors (Lipinski definition) is 0. The Morgan fingerprint density at radius 3 is 3.46 bits per heavy atom. The summed E-state index contributed by atoms with van der Waals surface area (Å²) in [5.74, 6) is 0. The summed E-state index contributed by atoms with van der Waals surface area (Å²) < 4.78 is 7.57. The average Bonchev–Trinajstić information content (AvgIpc) is 2.72. The molecule has 0 atom stereocenters. The number of ether oxygens (including phenoxy) is 1. The van der Waals surface area contributed by atoms with Crippen molar-refractivity contribution >= 4 is 11.3 Å². The van der Waals surface area contributed by atoms with Crippen molar-refractivity contribution < 1.29 is 4.74 Å². The monoisotopic (exact) mass is 192 g/mol. The highest BCUT2D eigenvalue weighted by Gasteiger charge is 2.15. The van der Waals surface area contributed by atoms with Crippen molar-refractivity contribution in [3.8, 4) is 16.3 Å². The molecular weight excluding hydrogens is 184 g/mol. The zero-order valence-electron chi connectivity index (χ0n) is 6.93. The smallest absolute Gasteiger partial charge is 0.183 e. The molecule has 0 spiro atoms. The molecule has 4 heteroatoms. The van der Waals surface area contributed by atoms with Crippen molar-refractivity contribution in [3.05, 3.63) is 23.7 Å². The highest BCUT2D eigenvalue weighted by Crippen LogP contribution is 2.36. The fraction of sp³-hybridized carbons (Fsp3) is 0.222. The minimum absolute atomic E-state index is 0.711. The fourth-order valence-corrected chi connectivity index (χ4v) is 2.34. The zero-order chi connectivity index (χ0) is 8.67. The SMILES string of the molecule is c1cc2n(n1)CCOc1sccc1-2. The van der Waals surface area contributed by atoms with Crippen LogP contribution < -0.4 is 4.74 Å². The number of nitrogens with zero attached hydrogens (tertiary/aromatic N) is 2. The van der Waals surface area contributed by atoms with E-state index in [0.717, 1.165) is 17.3 Å². The molecule has 0 amide bonds. The minimum Gasteiger partial charge on any atom is -0.481 e. The van der Waals surface area contributed by atoms with E-state index in [2.05, 4.69) is 11.2 Å². The minimum atomic E-state index is 0.711. The van der Waals surface area contributed by atoms with Crippen molar-refractivity contribution in [1.29, 1.82) is 0 Å². The van der Waals surface area contributed by atoms with Crippen molar-refractivity contribution in [2.75, 3.05) is 6.61 Å². The zero-order valence-corrected chi connectivity index (χ0v) is 7.75. The van der Waals surface area contributed by atoms with Gasteiger partial charge in [-0.3, -0.25) is 4.68 Å². The average molecular weight is 192 g/mol. The molecule has 0 saturated carbocycles. The predicted molar refractivity (Wildman–Crippen MR) is 51.0 cm³/mol. The van der Waals surface area contributed by atoms with Crippen LogP contribution in [0.2, 0.25) is 0 Å². The second kappa shape index (κ2) is 2.60. The largest absolute Gasteiger partial charge is 0.481 e. The highest BCUT2D eigenvalue weighted by molar-refractivity contribution is 7.12. The summed E-state index contributed by atoms with van der Waals surface area (Å²) in [6.07, 6.45) is 1.84. The van der Waals surface area contributed by atoms with Gasteiger partial charge in [-0.05, 0) is 17.5 Å². The van der Waals surface area contributed by atoms with E-state index >= 15 is 0 Å². The third kappa shape index (κ3) is 0.986. The molecule has 0 bridgehead atoms. The van der Waals surface area contributed by atoms with Crippen LogP contribution in [0.25, 0.3) is 11.3 Å². The second-order valence-corrected chi connectivity index (χ2v) is 3.79. The molecule has 13 heavy (non-hydrogen) atoms. The van der Waals surface area contributed by atoms with Gasteiger partial charge in [-0.2, -0.15) is 5.10 Å². The number of aromatic nitrogens is 2. The molecule has 0 aliphatic carbocycles. The predicted octanol–water partition coefficient (Wildman–Crippen LogP) is 2.00. The van der Waals surface area contributed by atoms with E-state index in [9.17, 15) is 0 Å². The fourth-order valence-electron chi connectivity index (χ4n) is 1.56. The third-order valence-corrected chi connectivity index (χ3v) is 2.98. The van der Waals surface area contributed by atoms with Crippen LogP contribution in [-0.4, -0.2) is 16.4 Å². The molecule has 2 aromatic heterocycles. The molecule has 0 N–H and O–H groups in total. The van der Waals surface area contributed by atoms with Crippen LogP contribution in [0.15, 0.2) is 23.7 Å². The van der Waals surface area contributed by atoms with Crippen LogP contribution in [0.1, 0.15) is 0 Å². The number of thiophene rings is 1. The van der Waals surface area contributed by atoms with Gasteiger partial charge in [-0.15, -0.1) is 11.3 Å². The van der Waals surface area contributed by atoms with E-state index in [1.54, 1.807) is 11.3 Å². The summed E-state index contributed by atoms with van der Waals surface area (Å²) in [6, 6.07) is 4.11. The van der Waals surface area contributed by atoms with Crippen LogP contribution in [0.4, 0.5) is 0 Å². The highest BCUT2D eigenvalue weighted by atomic mass is 32.1. The third-order valence-electron chi connectivity index (χ3n) is 2.16. The van der Waals surface area contributed by atoms with Gasteiger partial charge in [0.15, 0.2) is 5.06 Å². The Morgan fingerprint density at radius 1 is 1.46 bits per heavy atom. The summed E-state index contributed by atoms with van der Waals surface area (Å²) in [4.78, 5) is 0. The van der Waals surface area contributed by atoms with Gasteiger partial charge in [0.25, 0.3) is 0 Å². The molecule has 0 unspecified atom stereocenters. The Bertz CT molecular complexity index is 392. The van der Waals surface area contributed by atoms with E-state index < -0.39 is 0 Å². The van der Waals surface area contributed by atoms with E-state index in [-0.39, 0.29) is 0 Å². The van der Waals surface area contributed by atoms with E-state index in [1.165, 1.54) is 5.56 Å². The first kappa shape index (κ1) is 7.15. The molecule has 0 fully saturated rings. The van der Waals surface area contributed by atoms with Gasteiger partial charge >= 0.3 is 0 Å². The summed E-state index contributed by atoms with van der Waals surface area (Å²) in [6.45, 7) is 1.55. The lowest BCUT2D eigenvalue weighted by molar-refractivity contribution is 0.308. The lowest BCUT2D eigenvalue weighted by Crippen LogP contribution is -2.06. The van der Waals surface area contributed by atoms with Gasteiger partial charge < -0.3 is 4.74 Å². The first-order chi connectivity index (χ1) is 6.45. The van der Waals surface area contributed by atoms with E-state index in [0.29, 0.717) is 6.61 Å². The molecule has 2 aromatic rings. The summed E-state index contributed by atoms with van der Waals surface area (Å²) in [5.41, 5.74) is 2.33.